The van der Waals surface area contributed by atoms with Crippen LogP contribution in [0, 0.1) is 10.1 Å². The molecule has 0 aliphatic heterocycles. The molecule has 0 aromatic heterocycles. The van der Waals surface area contributed by atoms with Crippen molar-refractivity contribution in [2.45, 2.75) is 18.2 Å². The number of hydrogen-bond acceptors (Lipinski definition) is 4. The van der Waals surface area contributed by atoms with Gasteiger partial charge in [-0.1, -0.05) is 18.5 Å². The van der Waals surface area contributed by atoms with E-state index in [0.717, 1.165) is 10.4 Å². The van der Waals surface area contributed by atoms with Crippen molar-refractivity contribution in [3.05, 3.63) is 33.3 Å². The summed E-state index contributed by atoms with van der Waals surface area (Å²) in [4.78, 5) is 9.87. The molecule has 18 heavy (non-hydrogen) atoms. The smallest absolute Gasteiger partial charge is 0.258 e. The summed E-state index contributed by atoms with van der Waals surface area (Å²) in [5.74, 6) is 0. The van der Waals surface area contributed by atoms with Crippen molar-refractivity contribution in [2.75, 3.05) is 13.6 Å². The van der Waals surface area contributed by atoms with Crippen molar-refractivity contribution >= 4 is 27.3 Å². The van der Waals surface area contributed by atoms with Gasteiger partial charge in [-0.15, -0.1) is 0 Å². The summed E-state index contributed by atoms with van der Waals surface area (Å²) >= 11 is 5.63. The van der Waals surface area contributed by atoms with Crippen LogP contribution in [0.25, 0.3) is 0 Å². The van der Waals surface area contributed by atoms with Gasteiger partial charge in [0.05, 0.1) is 9.82 Å². The Morgan fingerprint density at radius 2 is 2.06 bits per heavy atom. The van der Waals surface area contributed by atoms with Crippen molar-refractivity contribution in [1.29, 1.82) is 0 Å². The molecule has 6 nitrogen and oxygen atoms in total. The highest BCUT2D eigenvalue weighted by Crippen LogP contribution is 2.28. The maximum atomic E-state index is 12.1. The fraction of sp³-hybridized carbons (Fsp3) is 0.400. The van der Waals surface area contributed by atoms with Gasteiger partial charge in [-0.2, -0.15) is 0 Å². The van der Waals surface area contributed by atoms with Crippen LogP contribution >= 0.6 is 11.6 Å². The van der Waals surface area contributed by atoms with Gasteiger partial charge in [-0.05, 0) is 18.6 Å². The molecule has 0 radical (unpaired) electrons. The Morgan fingerprint density at radius 1 is 1.44 bits per heavy atom. The number of hydrogen-bond donors (Lipinski definition) is 0. The molecule has 8 heteroatoms. The van der Waals surface area contributed by atoms with Crippen LogP contribution in [0.3, 0.4) is 0 Å². The summed E-state index contributed by atoms with van der Waals surface area (Å²) in [7, 11) is -2.27. The summed E-state index contributed by atoms with van der Waals surface area (Å²) in [5.41, 5.74) is -0.414. The normalized spacial score (nSPS) is 11.8. The Bertz CT molecular complexity index is 559. The largest absolute Gasteiger partial charge is 0.289 e. The van der Waals surface area contributed by atoms with E-state index in [4.69, 9.17) is 11.6 Å². The van der Waals surface area contributed by atoms with Gasteiger partial charge in [0.2, 0.25) is 10.0 Å². The molecule has 0 amide bonds. The quantitative estimate of drug-likeness (QED) is 0.616. The van der Waals surface area contributed by atoms with E-state index >= 15 is 0 Å². The summed E-state index contributed by atoms with van der Waals surface area (Å²) in [5, 5.41) is 10.6. The summed E-state index contributed by atoms with van der Waals surface area (Å²) < 4.78 is 25.3. The van der Waals surface area contributed by atoms with Crippen molar-refractivity contribution in [3.8, 4) is 0 Å². The molecule has 100 valence electrons. The van der Waals surface area contributed by atoms with E-state index in [9.17, 15) is 18.5 Å². The molecule has 0 atom stereocenters. The average molecular weight is 293 g/mol. The van der Waals surface area contributed by atoms with Gasteiger partial charge in [0, 0.05) is 19.7 Å². The monoisotopic (exact) mass is 292 g/mol. The van der Waals surface area contributed by atoms with Gasteiger partial charge in [0.25, 0.3) is 5.69 Å². The minimum atomic E-state index is -3.70. The second-order valence-electron chi connectivity index (χ2n) is 3.70. The molecule has 0 fully saturated rings. The second-order valence-corrected chi connectivity index (χ2v) is 6.15. The van der Waals surface area contributed by atoms with E-state index in [1.54, 1.807) is 0 Å². The number of rotatable bonds is 5. The molecule has 0 spiro atoms. The van der Waals surface area contributed by atoms with E-state index in [-0.39, 0.29) is 9.92 Å². The number of benzene rings is 1. The highest BCUT2D eigenvalue weighted by molar-refractivity contribution is 7.89. The van der Waals surface area contributed by atoms with E-state index in [2.05, 4.69) is 0 Å². The SMILES string of the molecule is CCCN(C)S(=O)(=O)c1ccc(Cl)c([N+](=O)[O-])c1. The van der Waals surface area contributed by atoms with Gasteiger partial charge >= 0.3 is 0 Å². The predicted molar refractivity (Wildman–Crippen MR) is 68.2 cm³/mol. The Kier molecular flexibility index (Phi) is 4.66. The zero-order chi connectivity index (χ0) is 13.9. The molecule has 1 aromatic rings. The van der Waals surface area contributed by atoms with Crippen LogP contribution in [-0.4, -0.2) is 31.2 Å². The van der Waals surface area contributed by atoms with E-state index in [1.807, 2.05) is 6.92 Å². The van der Waals surface area contributed by atoms with Crippen molar-refractivity contribution in [3.63, 3.8) is 0 Å². The molecule has 0 saturated carbocycles. The molecular weight excluding hydrogens is 280 g/mol. The standard InChI is InChI=1S/C10H13ClN2O4S/c1-3-6-12(2)18(16,17)8-4-5-9(11)10(7-8)13(14)15/h4-5,7H,3,6H2,1-2H3. The lowest BCUT2D eigenvalue weighted by Gasteiger charge is -2.16. The lowest BCUT2D eigenvalue weighted by Crippen LogP contribution is -2.27. The van der Waals surface area contributed by atoms with E-state index in [0.29, 0.717) is 13.0 Å². The fourth-order valence-corrected chi connectivity index (χ4v) is 2.88. The minimum Gasteiger partial charge on any atom is -0.258 e. The van der Waals surface area contributed by atoms with Crippen LogP contribution in [0.15, 0.2) is 23.1 Å². The predicted octanol–water partition coefficient (Wildman–Crippen LogP) is 2.28. The number of nitro groups is 1. The number of nitro benzene ring substituents is 1. The lowest BCUT2D eigenvalue weighted by molar-refractivity contribution is -0.384. The van der Waals surface area contributed by atoms with Crippen LogP contribution in [0.2, 0.25) is 5.02 Å². The number of nitrogens with zero attached hydrogens (tertiary/aromatic N) is 2. The molecule has 0 N–H and O–H groups in total. The Labute approximate surface area is 110 Å². The topological polar surface area (TPSA) is 80.5 Å². The molecule has 0 aliphatic carbocycles. The molecular formula is C10H13ClN2O4S. The van der Waals surface area contributed by atoms with Gasteiger partial charge in [-0.3, -0.25) is 10.1 Å². The summed E-state index contributed by atoms with van der Waals surface area (Å²) in [6.45, 7) is 2.19. The first kappa shape index (κ1) is 14.9. The van der Waals surface area contributed by atoms with Crippen molar-refractivity contribution in [1.82, 2.24) is 4.31 Å². The molecule has 1 aromatic carbocycles. The molecule has 0 heterocycles. The van der Waals surface area contributed by atoms with Crippen LogP contribution in [0.4, 0.5) is 5.69 Å². The molecule has 0 saturated heterocycles. The van der Waals surface area contributed by atoms with E-state index < -0.39 is 20.6 Å². The summed E-state index contributed by atoms with van der Waals surface area (Å²) in [6.07, 6.45) is 0.658. The van der Waals surface area contributed by atoms with Crippen LogP contribution in [0.5, 0.6) is 0 Å². The molecule has 0 bridgehead atoms. The van der Waals surface area contributed by atoms with Gasteiger partial charge < -0.3 is 0 Å². The van der Waals surface area contributed by atoms with Gasteiger partial charge in [0.1, 0.15) is 5.02 Å². The fourth-order valence-electron chi connectivity index (χ4n) is 1.41. The highest BCUT2D eigenvalue weighted by atomic mass is 35.5. The van der Waals surface area contributed by atoms with Gasteiger partial charge in [0.15, 0.2) is 0 Å². The maximum Gasteiger partial charge on any atom is 0.289 e. The zero-order valence-electron chi connectivity index (χ0n) is 9.96. The number of halogens is 1. The van der Waals surface area contributed by atoms with Crippen LogP contribution in [-0.2, 0) is 10.0 Å². The highest BCUT2D eigenvalue weighted by Gasteiger charge is 2.23. The first-order valence-electron chi connectivity index (χ1n) is 5.21. The third-order valence-electron chi connectivity index (χ3n) is 2.36. The van der Waals surface area contributed by atoms with E-state index in [1.165, 1.54) is 19.2 Å². The minimum absolute atomic E-state index is 0.0860. The summed E-state index contributed by atoms with van der Waals surface area (Å²) in [6, 6.07) is 3.45. The Morgan fingerprint density at radius 3 is 2.56 bits per heavy atom. The third kappa shape index (κ3) is 2.98. The zero-order valence-corrected chi connectivity index (χ0v) is 11.5. The number of sulfonamides is 1. The van der Waals surface area contributed by atoms with Crippen molar-refractivity contribution < 1.29 is 13.3 Å². The molecule has 1 rings (SSSR count). The molecule has 0 aliphatic rings. The first-order valence-corrected chi connectivity index (χ1v) is 7.02. The average Bonchev–Trinajstić information content (AvgIpc) is 2.29. The second kappa shape index (κ2) is 5.64. The Hall–Kier alpha value is -1.18. The van der Waals surface area contributed by atoms with Crippen LogP contribution in [0.1, 0.15) is 13.3 Å². The third-order valence-corrected chi connectivity index (χ3v) is 4.53. The van der Waals surface area contributed by atoms with Crippen molar-refractivity contribution in [2.24, 2.45) is 0 Å². The Balaban J connectivity index is 3.26. The first-order chi connectivity index (χ1) is 8.30. The van der Waals surface area contributed by atoms with Gasteiger partial charge in [-0.25, -0.2) is 12.7 Å². The maximum absolute atomic E-state index is 12.1. The van der Waals surface area contributed by atoms with Crippen LogP contribution < -0.4 is 0 Å². The molecule has 0 unspecified atom stereocenters. The lowest BCUT2D eigenvalue weighted by atomic mass is 10.3.